The molecule has 6 heteroatoms. The largest absolute Gasteiger partial charge is 0.322 e. The highest BCUT2D eigenvalue weighted by Crippen LogP contribution is 2.34. The van der Waals surface area contributed by atoms with Gasteiger partial charge >= 0.3 is 0 Å². The molecule has 1 atom stereocenters. The molecule has 0 radical (unpaired) electrons. The Morgan fingerprint density at radius 3 is 2.77 bits per heavy atom. The molecule has 0 spiro atoms. The lowest BCUT2D eigenvalue weighted by Crippen LogP contribution is -2.28. The van der Waals surface area contributed by atoms with E-state index in [1.54, 1.807) is 31.0 Å². The maximum Gasteiger partial charge on any atom is 0.154 e. The lowest BCUT2D eigenvalue weighted by atomic mass is 10.1. The van der Waals surface area contributed by atoms with E-state index in [4.69, 9.17) is 0 Å². The van der Waals surface area contributed by atoms with Crippen LogP contribution in [-0.2, 0) is 0 Å². The second-order valence-corrected chi connectivity index (χ2v) is 6.05. The summed E-state index contributed by atoms with van der Waals surface area (Å²) in [5.41, 5.74) is 1.01. The van der Waals surface area contributed by atoms with Crippen molar-refractivity contribution in [1.82, 2.24) is 24.8 Å². The Morgan fingerprint density at radius 2 is 2.00 bits per heavy atom. The summed E-state index contributed by atoms with van der Waals surface area (Å²) in [5, 5.41) is 3.25. The van der Waals surface area contributed by atoms with Crippen molar-refractivity contribution < 1.29 is 0 Å². The maximum atomic E-state index is 4.60. The monoisotopic (exact) mass is 298 g/mol. The molecule has 1 aliphatic rings. The zero-order valence-electron chi connectivity index (χ0n) is 13.1. The van der Waals surface area contributed by atoms with Crippen LogP contribution in [0.4, 0.5) is 11.6 Å². The molecule has 0 aliphatic carbocycles. The van der Waals surface area contributed by atoms with Crippen LogP contribution >= 0.6 is 0 Å². The number of nitrogens with zero attached hydrogens (tertiary/aromatic N) is 5. The summed E-state index contributed by atoms with van der Waals surface area (Å²) in [7, 11) is 0. The SMILES string of the molecule is CC(C)CN1CCC[C@@H]1c1nccnc1Nc1cnccn1. The average molecular weight is 298 g/mol. The van der Waals surface area contributed by atoms with Gasteiger partial charge in [-0.2, -0.15) is 0 Å². The van der Waals surface area contributed by atoms with Gasteiger partial charge in [0, 0.05) is 31.3 Å². The molecule has 0 unspecified atom stereocenters. The summed E-state index contributed by atoms with van der Waals surface area (Å²) in [4.78, 5) is 19.9. The van der Waals surface area contributed by atoms with E-state index in [-0.39, 0.29) is 0 Å². The van der Waals surface area contributed by atoms with E-state index in [1.807, 2.05) is 0 Å². The first kappa shape index (κ1) is 14.8. The summed E-state index contributed by atoms with van der Waals surface area (Å²) in [5.74, 6) is 2.12. The molecular weight excluding hydrogens is 276 g/mol. The molecule has 0 amide bonds. The topological polar surface area (TPSA) is 66.8 Å². The fourth-order valence-corrected chi connectivity index (χ4v) is 3.00. The predicted octanol–water partition coefficient (Wildman–Crippen LogP) is 2.80. The predicted molar refractivity (Wildman–Crippen MR) is 85.7 cm³/mol. The molecule has 0 saturated carbocycles. The van der Waals surface area contributed by atoms with Crippen molar-refractivity contribution >= 4 is 11.6 Å². The van der Waals surface area contributed by atoms with Crippen LogP contribution in [0.2, 0.25) is 0 Å². The number of nitrogens with one attached hydrogen (secondary N) is 1. The number of hydrogen-bond acceptors (Lipinski definition) is 6. The highest BCUT2D eigenvalue weighted by atomic mass is 15.2. The van der Waals surface area contributed by atoms with Gasteiger partial charge in [0.2, 0.25) is 0 Å². The number of anilines is 2. The molecule has 1 aliphatic heterocycles. The summed E-state index contributed by atoms with van der Waals surface area (Å²) >= 11 is 0. The Kier molecular flexibility index (Phi) is 4.58. The Bertz CT molecular complexity index is 601. The molecule has 2 aromatic heterocycles. The molecular formula is C16H22N6. The maximum absolute atomic E-state index is 4.60. The molecule has 0 bridgehead atoms. The first-order valence-corrected chi connectivity index (χ1v) is 7.82. The van der Waals surface area contributed by atoms with E-state index in [1.165, 1.54) is 6.42 Å². The quantitative estimate of drug-likeness (QED) is 0.915. The van der Waals surface area contributed by atoms with Crippen molar-refractivity contribution in [2.75, 3.05) is 18.4 Å². The molecule has 0 aromatic carbocycles. The Labute approximate surface area is 131 Å². The van der Waals surface area contributed by atoms with Crippen LogP contribution in [0.3, 0.4) is 0 Å². The van der Waals surface area contributed by atoms with Crippen molar-refractivity contribution in [3.8, 4) is 0 Å². The third-order valence-electron chi connectivity index (χ3n) is 3.82. The highest BCUT2D eigenvalue weighted by Gasteiger charge is 2.29. The molecule has 2 aromatic rings. The molecule has 22 heavy (non-hydrogen) atoms. The molecule has 1 fully saturated rings. The standard InChI is InChI=1S/C16H22N6/c1-12(2)11-22-9-3-4-13(22)15-16(20-8-7-19-15)21-14-10-17-5-6-18-14/h5-8,10,12-13H,3-4,9,11H2,1-2H3,(H,18,20,21)/t13-/m1/s1. The Balaban J connectivity index is 1.84. The summed E-state index contributed by atoms with van der Waals surface area (Å²) in [6.45, 7) is 6.73. The number of aromatic nitrogens is 4. The van der Waals surface area contributed by atoms with Gasteiger partial charge in [-0.25, -0.2) is 9.97 Å². The average Bonchev–Trinajstić information content (AvgIpc) is 2.96. The van der Waals surface area contributed by atoms with Crippen LogP contribution < -0.4 is 5.32 Å². The van der Waals surface area contributed by atoms with Crippen LogP contribution in [0, 0.1) is 5.92 Å². The van der Waals surface area contributed by atoms with Gasteiger partial charge in [0.05, 0.1) is 12.2 Å². The third kappa shape index (κ3) is 3.39. The van der Waals surface area contributed by atoms with Crippen molar-refractivity contribution in [1.29, 1.82) is 0 Å². The van der Waals surface area contributed by atoms with Gasteiger partial charge < -0.3 is 5.32 Å². The van der Waals surface area contributed by atoms with Crippen molar-refractivity contribution in [2.24, 2.45) is 5.92 Å². The smallest absolute Gasteiger partial charge is 0.154 e. The summed E-state index contributed by atoms with van der Waals surface area (Å²) in [6, 6.07) is 0.329. The molecule has 1 N–H and O–H groups in total. The van der Waals surface area contributed by atoms with Crippen molar-refractivity contribution in [2.45, 2.75) is 32.7 Å². The summed E-state index contributed by atoms with van der Waals surface area (Å²) in [6.07, 6.45) is 10.8. The van der Waals surface area contributed by atoms with E-state index in [0.29, 0.717) is 17.8 Å². The number of hydrogen-bond donors (Lipinski definition) is 1. The van der Waals surface area contributed by atoms with E-state index in [2.05, 4.69) is 44.0 Å². The minimum Gasteiger partial charge on any atom is -0.322 e. The van der Waals surface area contributed by atoms with Gasteiger partial charge in [0.15, 0.2) is 5.82 Å². The fourth-order valence-electron chi connectivity index (χ4n) is 3.00. The number of likely N-dealkylation sites (tertiary alicyclic amines) is 1. The first-order chi connectivity index (χ1) is 10.7. The minimum absolute atomic E-state index is 0.329. The van der Waals surface area contributed by atoms with Crippen molar-refractivity contribution in [3.63, 3.8) is 0 Å². The second kappa shape index (κ2) is 6.79. The van der Waals surface area contributed by atoms with Crippen molar-refractivity contribution in [3.05, 3.63) is 36.7 Å². The first-order valence-electron chi connectivity index (χ1n) is 7.82. The lowest BCUT2D eigenvalue weighted by molar-refractivity contribution is 0.225. The van der Waals surface area contributed by atoms with Gasteiger partial charge in [-0.3, -0.25) is 14.9 Å². The van der Waals surface area contributed by atoms with E-state index in [0.717, 1.165) is 31.0 Å². The van der Waals surface area contributed by atoms with Crippen LogP contribution in [0.1, 0.15) is 38.4 Å². The molecule has 1 saturated heterocycles. The fraction of sp³-hybridized carbons (Fsp3) is 0.500. The lowest BCUT2D eigenvalue weighted by Gasteiger charge is -2.26. The van der Waals surface area contributed by atoms with Gasteiger partial charge in [-0.1, -0.05) is 13.8 Å². The zero-order valence-corrected chi connectivity index (χ0v) is 13.1. The normalized spacial score (nSPS) is 18.8. The van der Waals surface area contributed by atoms with Gasteiger partial charge in [0.25, 0.3) is 0 Å². The Morgan fingerprint density at radius 1 is 1.18 bits per heavy atom. The highest BCUT2D eigenvalue weighted by molar-refractivity contribution is 5.53. The molecule has 3 rings (SSSR count). The Hall–Kier alpha value is -2.08. The van der Waals surface area contributed by atoms with Gasteiger partial charge in [-0.15, -0.1) is 0 Å². The third-order valence-corrected chi connectivity index (χ3v) is 3.82. The molecule has 6 nitrogen and oxygen atoms in total. The number of rotatable bonds is 5. The zero-order chi connectivity index (χ0) is 15.4. The minimum atomic E-state index is 0.329. The molecule has 3 heterocycles. The van der Waals surface area contributed by atoms with Crippen LogP contribution in [0.5, 0.6) is 0 Å². The van der Waals surface area contributed by atoms with E-state index < -0.39 is 0 Å². The summed E-state index contributed by atoms with van der Waals surface area (Å²) < 4.78 is 0. The van der Waals surface area contributed by atoms with Crippen LogP contribution in [0.25, 0.3) is 0 Å². The molecule has 116 valence electrons. The van der Waals surface area contributed by atoms with Gasteiger partial charge in [-0.05, 0) is 25.3 Å². The van der Waals surface area contributed by atoms with E-state index in [9.17, 15) is 0 Å². The van der Waals surface area contributed by atoms with E-state index >= 15 is 0 Å². The van der Waals surface area contributed by atoms with Crippen LogP contribution in [-0.4, -0.2) is 37.9 Å². The van der Waals surface area contributed by atoms with Crippen LogP contribution in [0.15, 0.2) is 31.0 Å². The second-order valence-electron chi connectivity index (χ2n) is 6.05. The van der Waals surface area contributed by atoms with Gasteiger partial charge in [0.1, 0.15) is 11.5 Å².